The Balaban J connectivity index is 1.52. The van der Waals surface area contributed by atoms with Crippen molar-refractivity contribution >= 4 is 16.6 Å². The maximum atomic E-state index is 13.5. The summed E-state index contributed by atoms with van der Waals surface area (Å²) in [7, 11) is 0. The van der Waals surface area contributed by atoms with E-state index in [1.54, 1.807) is 24.3 Å². The minimum atomic E-state index is -0.203. The fourth-order valence-electron chi connectivity index (χ4n) is 3.62. The van der Waals surface area contributed by atoms with Gasteiger partial charge in [-0.1, -0.05) is 6.07 Å². The van der Waals surface area contributed by atoms with E-state index < -0.39 is 0 Å². The molecule has 0 saturated heterocycles. The summed E-state index contributed by atoms with van der Waals surface area (Å²) in [6.07, 6.45) is 3.10. The first-order chi connectivity index (χ1) is 11.7. The van der Waals surface area contributed by atoms with E-state index in [1.165, 1.54) is 17.7 Å². The summed E-state index contributed by atoms with van der Waals surface area (Å²) >= 11 is 0. The first-order valence-corrected chi connectivity index (χ1v) is 8.42. The number of hydrogen-bond acceptors (Lipinski definition) is 1. The van der Waals surface area contributed by atoms with E-state index in [4.69, 9.17) is 0 Å². The number of hydrogen-bond donors (Lipinski definition) is 1. The van der Waals surface area contributed by atoms with Crippen LogP contribution in [-0.2, 0) is 0 Å². The van der Waals surface area contributed by atoms with Crippen LogP contribution in [0.5, 0.6) is 0 Å². The highest BCUT2D eigenvalue weighted by atomic mass is 19.1. The molecule has 2 aromatic carbocycles. The van der Waals surface area contributed by atoms with Crippen molar-refractivity contribution in [2.24, 2.45) is 5.92 Å². The summed E-state index contributed by atoms with van der Waals surface area (Å²) in [5.41, 5.74) is 3.10. The van der Waals surface area contributed by atoms with Gasteiger partial charge in [0.25, 0.3) is 0 Å². The zero-order valence-electron chi connectivity index (χ0n) is 13.6. The average Bonchev–Trinajstić information content (AvgIpc) is 3.22. The SMILES string of the molecule is CCN(C[C@@H]1C[C@H]1c1c[nH]c2ccc(F)cc12)c1cccc(F)c1. The average molecular weight is 326 g/mol. The molecule has 0 aliphatic heterocycles. The Bertz CT molecular complexity index is 871. The molecule has 1 N–H and O–H groups in total. The summed E-state index contributed by atoms with van der Waals surface area (Å²) in [5, 5.41) is 0.983. The molecule has 4 rings (SSSR count). The fourth-order valence-corrected chi connectivity index (χ4v) is 3.62. The number of H-pyrrole nitrogens is 1. The Morgan fingerprint density at radius 2 is 1.96 bits per heavy atom. The van der Waals surface area contributed by atoms with Crippen molar-refractivity contribution in [3.8, 4) is 0 Å². The smallest absolute Gasteiger partial charge is 0.125 e. The monoisotopic (exact) mass is 326 g/mol. The first-order valence-electron chi connectivity index (χ1n) is 8.42. The second-order valence-electron chi connectivity index (χ2n) is 6.55. The van der Waals surface area contributed by atoms with Crippen molar-refractivity contribution in [3.63, 3.8) is 0 Å². The maximum absolute atomic E-state index is 13.5. The molecule has 1 saturated carbocycles. The Labute approximate surface area is 140 Å². The van der Waals surface area contributed by atoms with Crippen molar-refractivity contribution in [1.82, 2.24) is 4.98 Å². The molecule has 1 heterocycles. The van der Waals surface area contributed by atoms with Crippen molar-refractivity contribution in [2.75, 3.05) is 18.0 Å². The summed E-state index contributed by atoms with van der Waals surface area (Å²) in [6.45, 7) is 3.82. The standard InChI is InChI=1S/C20H20F2N2/c1-2-24(16-5-3-4-14(21)9-16)12-13-8-17(13)19-11-23-20-7-6-15(22)10-18(19)20/h3-7,9-11,13,17,23H,2,8,12H2,1H3/t13-,17+/m0/s1. The molecule has 2 atom stereocenters. The number of benzene rings is 2. The van der Waals surface area contributed by atoms with Crippen LogP contribution in [0, 0.1) is 17.6 Å². The minimum Gasteiger partial charge on any atom is -0.371 e. The minimum absolute atomic E-state index is 0.199. The molecule has 0 unspecified atom stereocenters. The predicted octanol–water partition coefficient (Wildman–Crippen LogP) is 5.08. The van der Waals surface area contributed by atoms with Gasteiger partial charge in [-0.25, -0.2) is 8.78 Å². The van der Waals surface area contributed by atoms with Crippen LogP contribution < -0.4 is 4.90 Å². The summed E-state index contributed by atoms with van der Waals surface area (Å²) < 4.78 is 27.0. The van der Waals surface area contributed by atoms with E-state index in [0.717, 1.165) is 36.1 Å². The lowest BCUT2D eigenvalue weighted by Gasteiger charge is -2.23. The van der Waals surface area contributed by atoms with Crippen LogP contribution in [0.3, 0.4) is 0 Å². The fraction of sp³-hybridized carbons (Fsp3) is 0.300. The molecule has 0 bridgehead atoms. The molecule has 0 radical (unpaired) electrons. The van der Waals surface area contributed by atoms with E-state index in [0.29, 0.717) is 11.8 Å². The molecule has 0 amide bonds. The molecular weight excluding hydrogens is 306 g/mol. The van der Waals surface area contributed by atoms with Crippen molar-refractivity contribution in [2.45, 2.75) is 19.3 Å². The van der Waals surface area contributed by atoms with Gasteiger partial charge in [0.1, 0.15) is 11.6 Å². The van der Waals surface area contributed by atoms with Gasteiger partial charge in [0.2, 0.25) is 0 Å². The molecular formula is C20H20F2N2. The number of fused-ring (bicyclic) bond motifs is 1. The lowest BCUT2D eigenvalue weighted by atomic mass is 10.1. The van der Waals surface area contributed by atoms with E-state index in [2.05, 4.69) is 16.8 Å². The van der Waals surface area contributed by atoms with Gasteiger partial charge in [-0.2, -0.15) is 0 Å². The third-order valence-corrected chi connectivity index (χ3v) is 5.01. The Morgan fingerprint density at radius 3 is 2.75 bits per heavy atom. The Morgan fingerprint density at radius 1 is 1.12 bits per heavy atom. The third-order valence-electron chi connectivity index (χ3n) is 5.01. The number of aromatic nitrogens is 1. The molecule has 0 spiro atoms. The van der Waals surface area contributed by atoms with Crippen molar-refractivity contribution < 1.29 is 8.78 Å². The molecule has 3 aromatic rings. The number of aromatic amines is 1. The van der Waals surface area contributed by atoms with Gasteiger partial charge in [0.15, 0.2) is 0 Å². The van der Waals surface area contributed by atoms with Crippen molar-refractivity contribution in [3.05, 3.63) is 65.9 Å². The zero-order chi connectivity index (χ0) is 16.7. The van der Waals surface area contributed by atoms with E-state index in [-0.39, 0.29) is 11.6 Å². The van der Waals surface area contributed by atoms with Gasteiger partial charge >= 0.3 is 0 Å². The van der Waals surface area contributed by atoms with Gasteiger partial charge in [-0.3, -0.25) is 0 Å². The van der Waals surface area contributed by atoms with Gasteiger partial charge in [-0.15, -0.1) is 0 Å². The summed E-state index contributed by atoms with van der Waals surface area (Å²) in [6, 6.07) is 11.6. The van der Waals surface area contributed by atoms with E-state index in [1.807, 2.05) is 12.3 Å². The lowest BCUT2D eigenvalue weighted by molar-refractivity contribution is 0.625. The second-order valence-corrected chi connectivity index (χ2v) is 6.55. The van der Waals surface area contributed by atoms with Crippen LogP contribution >= 0.6 is 0 Å². The van der Waals surface area contributed by atoms with Crippen LogP contribution in [0.25, 0.3) is 10.9 Å². The topological polar surface area (TPSA) is 19.0 Å². The van der Waals surface area contributed by atoms with Crippen LogP contribution in [0.2, 0.25) is 0 Å². The first kappa shape index (κ1) is 15.2. The van der Waals surface area contributed by atoms with Crippen LogP contribution in [0.4, 0.5) is 14.5 Å². The Hall–Kier alpha value is -2.36. The lowest BCUT2D eigenvalue weighted by Crippen LogP contribution is -2.25. The zero-order valence-corrected chi connectivity index (χ0v) is 13.6. The predicted molar refractivity (Wildman–Crippen MR) is 93.4 cm³/mol. The molecule has 1 fully saturated rings. The largest absolute Gasteiger partial charge is 0.371 e. The number of rotatable bonds is 5. The maximum Gasteiger partial charge on any atom is 0.125 e. The second kappa shape index (κ2) is 5.93. The molecule has 1 aliphatic rings. The number of nitrogens with one attached hydrogen (secondary N) is 1. The van der Waals surface area contributed by atoms with Gasteiger partial charge in [0.05, 0.1) is 0 Å². The van der Waals surface area contributed by atoms with Crippen LogP contribution in [-0.4, -0.2) is 18.1 Å². The highest BCUT2D eigenvalue weighted by Crippen LogP contribution is 2.50. The normalized spacial score (nSPS) is 19.6. The number of halogens is 2. The molecule has 124 valence electrons. The van der Waals surface area contributed by atoms with Gasteiger partial charge in [-0.05, 0) is 67.1 Å². The molecule has 2 nitrogen and oxygen atoms in total. The van der Waals surface area contributed by atoms with Gasteiger partial charge < -0.3 is 9.88 Å². The van der Waals surface area contributed by atoms with Crippen LogP contribution in [0.15, 0.2) is 48.7 Å². The highest BCUT2D eigenvalue weighted by Gasteiger charge is 2.40. The number of anilines is 1. The van der Waals surface area contributed by atoms with Gasteiger partial charge in [0, 0.05) is 35.9 Å². The Kier molecular flexibility index (Phi) is 3.75. The van der Waals surface area contributed by atoms with E-state index in [9.17, 15) is 8.78 Å². The molecule has 24 heavy (non-hydrogen) atoms. The van der Waals surface area contributed by atoms with E-state index >= 15 is 0 Å². The molecule has 1 aromatic heterocycles. The number of nitrogens with zero attached hydrogens (tertiary/aromatic N) is 1. The van der Waals surface area contributed by atoms with Crippen LogP contribution in [0.1, 0.15) is 24.8 Å². The molecule has 1 aliphatic carbocycles. The molecule has 4 heteroatoms. The van der Waals surface area contributed by atoms with Crippen molar-refractivity contribution in [1.29, 1.82) is 0 Å². The summed E-state index contributed by atoms with van der Waals surface area (Å²) in [5.74, 6) is 0.569. The summed E-state index contributed by atoms with van der Waals surface area (Å²) in [4.78, 5) is 5.45. The third kappa shape index (κ3) is 2.77. The quantitative estimate of drug-likeness (QED) is 0.693. The highest BCUT2D eigenvalue weighted by molar-refractivity contribution is 5.84.